The molecule has 64 valence electrons. The van der Waals surface area contributed by atoms with E-state index in [0.29, 0.717) is 12.0 Å². The molecule has 2 aliphatic carbocycles. The van der Waals surface area contributed by atoms with Crippen molar-refractivity contribution in [1.82, 2.24) is 0 Å². The summed E-state index contributed by atoms with van der Waals surface area (Å²) in [7, 11) is 0. The van der Waals surface area contributed by atoms with E-state index >= 15 is 0 Å². The minimum atomic E-state index is -4.27. The quantitative estimate of drug-likeness (QED) is 0.601. The van der Waals surface area contributed by atoms with Crippen LogP contribution in [0.4, 0.5) is 13.2 Å². The second kappa shape index (κ2) is 2.16. The lowest BCUT2D eigenvalue weighted by molar-refractivity contribution is -0.138. The zero-order chi connectivity index (χ0) is 8.93. The minimum absolute atomic E-state index is 0.220. The van der Waals surface area contributed by atoms with E-state index in [4.69, 9.17) is 11.6 Å². The number of benzene rings is 1. The molecule has 0 nitrogen and oxygen atoms in total. The Morgan fingerprint density at radius 3 is 2.08 bits per heavy atom. The van der Waals surface area contributed by atoms with Gasteiger partial charge in [-0.25, -0.2) is 0 Å². The summed E-state index contributed by atoms with van der Waals surface area (Å²) in [4.78, 5) is 0. The van der Waals surface area contributed by atoms with E-state index in [1.165, 1.54) is 6.07 Å². The number of alkyl halides is 3. The molecule has 1 aromatic rings. The molecule has 0 saturated heterocycles. The van der Waals surface area contributed by atoms with Gasteiger partial charge in [-0.2, -0.15) is 13.2 Å². The molecule has 2 aliphatic rings. The predicted octanol–water partition coefficient (Wildman–Crippen LogP) is 3.26. The van der Waals surface area contributed by atoms with Gasteiger partial charge in [-0.1, -0.05) is 17.7 Å². The van der Waals surface area contributed by atoms with Crippen LogP contribution in [0.25, 0.3) is 0 Å². The number of fused-ring (bicyclic) bond motifs is 2. The first-order valence-corrected chi connectivity index (χ1v) is 3.75. The van der Waals surface area contributed by atoms with Crippen LogP contribution in [0.3, 0.4) is 0 Å². The van der Waals surface area contributed by atoms with E-state index in [2.05, 4.69) is 0 Å². The first-order valence-electron chi connectivity index (χ1n) is 3.37. The fraction of sp³-hybridized carbons (Fsp3) is 0.250. The topological polar surface area (TPSA) is 0 Å². The summed E-state index contributed by atoms with van der Waals surface area (Å²) in [5, 5.41) is 0.220. The third-order valence-corrected chi connectivity index (χ3v) is 2.31. The molecule has 0 amide bonds. The third-order valence-electron chi connectivity index (χ3n) is 1.96. The van der Waals surface area contributed by atoms with Gasteiger partial charge < -0.3 is 0 Å². The highest BCUT2D eigenvalue weighted by molar-refractivity contribution is 6.31. The Bertz CT molecular complexity index is 341. The van der Waals surface area contributed by atoms with Crippen LogP contribution in [0, 0.1) is 0 Å². The zero-order valence-electron chi connectivity index (χ0n) is 5.87. The van der Waals surface area contributed by atoms with Gasteiger partial charge in [-0.05, 0) is 23.6 Å². The standard InChI is InChI=1S/C8H4ClF3/c9-7-3-6(8(10,11)12)4-1-5(7)2-4/h1,3H,2H2. The summed E-state index contributed by atoms with van der Waals surface area (Å²) >= 11 is 5.56. The predicted molar refractivity (Wildman–Crippen MR) is 39.3 cm³/mol. The highest BCUT2D eigenvalue weighted by atomic mass is 35.5. The van der Waals surface area contributed by atoms with Crippen molar-refractivity contribution in [3.63, 3.8) is 0 Å². The average molecular weight is 193 g/mol. The molecule has 0 heterocycles. The number of hydrogen-bond donors (Lipinski definition) is 0. The van der Waals surface area contributed by atoms with E-state index < -0.39 is 11.7 Å². The average Bonchev–Trinajstić information content (AvgIpc) is 1.81. The molecule has 0 aromatic heterocycles. The summed E-state index contributed by atoms with van der Waals surface area (Å²) in [6, 6.07) is 2.49. The van der Waals surface area contributed by atoms with Gasteiger partial charge in [0, 0.05) is 5.02 Å². The lowest BCUT2D eigenvalue weighted by atomic mass is 9.88. The van der Waals surface area contributed by atoms with Gasteiger partial charge >= 0.3 is 6.18 Å². The van der Waals surface area contributed by atoms with E-state index in [-0.39, 0.29) is 5.02 Å². The molecule has 0 radical (unpaired) electrons. The molecule has 3 rings (SSSR count). The first-order chi connectivity index (χ1) is 5.48. The number of halogens is 4. The van der Waals surface area contributed by atoms with E-state index in [9.17, 15) is 13.2 Å². The van der Waals surface area contributed by atoms with Gasteiger partial charge in [0.2, 0.25) is 0 Å². The number of hydrogen-bond acceptors (Lipinski definition) is 0. The Hall–Kier alpha value is -0.700. The van der Waals surface area contributed by atoms with Gasteiger partial charge in [0.1, 0.15) is 0 Å². The maximum atomic E-state index is 12.2. The molecular weight excluding hydrogens is 189 g/mol. The van der Waals surface area contributed by atoms with Crippen LogP contribution >= 0.6 is 11.6 Å². The Balaban J connectivity index is 2.55. The minimum Gasteiger partial charge on any atom is -0.166 e. The second-order valence-electron chi connectivity index (χ2n) is 2.78. The zero-order valence-corrected chi connectivity index (χ0v) is 6.63. The monoisotopic (exact) mass is 192 g/mol. The molecule has 0 saturated carbocycles. The van der Waals surface area contributed by atoms with Gasteiger partial charge in [-0.3, -0.25) is 0 Å². The first kappa shape index (κ1) is 7.92. The summed E-state index contributed by atoms with van der Waals surface area (Å²) in [6.45, 7) is 0. The second-order valence-corrected chi connectivity index (χ2v) is 3.18. The van der Waals surface area contributed by atoms with Gasteiger partial charge in [0.05, 0.1) is 5.56 Å². The normalized spacial score (nSPS) is 14.3. The van der Waals surface area contributed by atoms with E-state index in [0.717, 1.165) is 11.6 Å². The van der Waals surface area contributed by atoms with Crippen LogP contribution in [-0.2, 0) is 12.6 Å². The van der Waals surface area contributed by atoms with Crippen LogP contribution in [0.5, 0.6) is 0 Å². The summed E-state index contributed by atoms with van der Waals surface area (Å²) in [5.41, 5.74) is 0.559. The largest absolute Gasteiger partial charge is 0.416 e. The Morgan fingerprint density at radius 2 is 1.75 bits per heavy atom. The molecular formula is C8H4ClF3. The highest BCUT2D eigenvalue weighted by Gasteiger charge is 2.36. The van der Waals surface area contributed by atoms with Crippen LogP contribution in [0.15, 0.2) is 12.1 Å². The third kappa shape index (κ3) is 1.00. The van der Waals surface area contributed by atoms with Crippen LogP contribution in [0.1, 0.15) is 16.7 Å². The molecule has 0 atom stereocenters. The van der Waals surface area contributed by atoms with E-state index in [1.54, 1.807) is 0 Å². The lowest BCUT2D eigenvalue weighted by Gasteiger charge is -2.22. The van der Waals surface area contributed by atoms with Crippen molar-refractivity contribution in [3.8, 4) is 0 Å². The van der Waals surface area contributed by atoms with Gasteiger partial charge in [0.15, 0.2) is 0 Å². The fourth-order valence-corrected chi connectivity index (χ4v) is 1.52. The highest BCUT2D eigenvalue weighted by Crippen LogP contribution is 2.41. The van der Waals surface area contributed by atoms with Crippen LogP contribution in [0.2, 0.25) is 5.02 Å². The van der Waals surface area contributed by atoms with Crippen LogP contribution < -0.4 is 0 Å². The maximum Gasteiger partial charge on any atom is 0.416 e. The summed E-state index contributed by atoms with van der Waals surface area (Å²) in [5.74, 6) is 0. The molecule has 2 bridgehead atoms. The summed E-state index contributed by atoms with van der Waals surface area (Å²) in [6.07, 6.45) is -3.90. The molecule has 0 fully saturated rings. The molecule has 0 spiro atoms. The maximum absolute atomic E-state index is 12.2. The molecule has 4 heteroatoms. The van der Waals surface area contributed by atoms with Crippen molar-refractivity contribution < 1.29 is 13.2 Å². The fourth-order valence-electron chi connectivity index (χ4n) is 1.29. The summed E-state index contributed by atoms with van der Waals surface area (Å²) < 4.78 is 36.6. The molecule has 12 heavy (non-hydrogen) atoms. The number of rotatable bonds is 0. The molecule has 0 N–H and O–H groups in total. The SMILES string of the molecule is FC(F)(F)c1cc(Cl)c2cc1C2. The Morgan fingerprint density at radius 1 is 1.17 bits per heavy atom. The van der Waals surface area contributed by atoms with Gasteiger partial charge in [-0.15, -0.1) is 0 Å². The van der Waals surface area contributed by atoms with Crippen molar-refractivity contribution >= 4 is 11.6 Å². The van der Waals surface area contributed by atoms with Gasteiger partial charge in [0.25, 0.3) is 0 Å². The Labute approximate surface area is 72.0 Å². The van der Waals surface area contributed by atoms with Crippen LogP contribution in [-0.4, -0.2) is 0 Å². The molecule has 0 unspecified atom stereocenters. The van der Waals surface area contributed by atoms with Crippen molar-refractivity contribution in [2.45, 2.75) is 12.6 Å². The van der Waals surface area contributed by atoms with Crippen molar-refractivity contribution in [2.24, 2.45) is 0 Å². The smallest absolute Gasteiger partial charge is 0.166 e. The van der Waals surface area contributed by atoms with Crippen molar-refractivity contribution in [2.75, 3.05) is 0 Å². The lowest BCUT2D eigenvalue weighted by Crippen LogP contribution is -2.15. The molecule has 1 aromatic carbocycles. The molecule has 0 aliphatic heterocycles. The van der Waals surface area contributed by atoms with Crippen molar-refractivity contribution in [1.29, 1.82) is 0 Å². The van der Waals surface area contributed by atoms with Crippen molar-refractivity contribution in [3.05, 3.63) is 33.8 Å². The Kier molecular flexibility index (Phi) is 1.43. The van der Waals surface area contributed by atoms with E-state index in [1.807, 2.05) is 0 Å².